The minimum absolute atomic E-state index is 0.0435. The van der Waals surface area contributed by atoms with Crippen molar-refractivity contribution in [3.8, 4) is 23.0 Å². The Bertz CT molecular complexity index is 1330. The summed E-state index contributed by atoms with van der Waals surface area (Å²) in [6, 6.07) is 17.7. The Balaban J connectivity index is 1.48. The van der Waals surface area contributed by atoms with E-state index in [0.29, 0.717) is 22.3 Å². The lowest BCUT2D eigenvalue weighted by Crippen LogP contribution is -2.51. The van der Waals surface area contributed by atoms with Crippen LogP contribution in [0, 0.1) is 0 Å². The number of ether oxygens (including phenoxy) is 4. The smallest absolute Gasteiger partial charge is 0.264 e. The number of nitrogens with zero attached hydrogens (tertiary/aromatic N) is 1. The first kappa shape index (κ1) is 25.5. The molecule has 1 atom stereocenters. The van der Waals surface area contributed by atoms with Gasteiger partial charge in [-0.1, -0.05) is 17.7 Å². The van der Waals surface area contributed by atoms with Crippen LogP contribution in [-0.2, 0) is 14.8 Å². The van der Waals surface area contributed by atoms with Gasteiger partial charge in [-0.05, 0) is 54.6 Å². The fourth-order valence-corrected chi connectivity index (χ4v) is 5.25. The van der Waals surface area contributed by atoms with Crippen LogP contribution in [0.15, 0.2) is 71.6 Å². The van der Waals surface area contributed by atoms with E-state index < -0.39 is 22.0 Å². The summed E-state index contributed by atoms with van der Waals surface area (Å²) < 4.78 is 49.9. The molecule has 1 aliphatic heterocycles. The summed E-state index contributed by atoms with van der Waals surface area (Å²) in [7, 11) is -0.971. The number of methoxy groups -OCH3 is 2. The van der Waals surface area contributed by atoms with Gasteiger partial charge in [-0.15, -0.1) is 0 Å². The van der Waals surface area contributed by atoms with Crippen LogP contribution in [0.5, 0.6) is 23.0 Å². The second-order valence-electron chi connectivity index (χ2n) is 7.75. The normalized spacial score (nSPS) is 14.9. The molecule has 1 unspecified atom stereocenters. The highest BCUT2D eigenvalue weighted by molar-refractivity contribution is 7.92. The topological polar surface area (TPSA) is 103 Å². The molecule has 0 saturated carbocycles. The molecule has 0 spiro atoms. The molecule has 0 aliphatic carbocycles. The van der Waals surface area contributed by atoms with Crippen LogP contribution >= 0.6 is 11.6 Å². The molecule has 0 saturated heterocycles. The van der Waals surface area contributed by atoms with Gasteiger partial charge >= 0.3 is 0 Å². The van der Waals surface area contributed by atoms with Crippen molar-refractivity contribution < 1.29 is 32.2 Å². The quantitative estimate of drug-likeness (QED) is 0.421. The number of amides is 1. The highest BCUT2D eigenvalue weighted by atomic mass is 35.5. The van der Waals surface area contributed by atoms with Crippen molar-refractivity contribution >= 4 is 33.2 Å². The number of rotatable bonds is 9. The van der Waals surface area contributed by atoms with E-state index in [9.17, 15) is 13.2 Å². The van der Waals surface area contributed by atoms with Gasteiger partial charge in [0.2, 0.25) is 0 Å². The van der Waals surface area contributed by atoms with Crippen molar-refractivity contribution in [2.75, 3.05) is 38.2 Å². The Morgan fingerprint density at radius 1 is 1.03 bits per heavy atom. The van der Waals surface area contributed by atoms with Crippen LogP contribution in [-0.4, -0.2) is 54.3 Å². The summed E-state index contributed by atoms with van der Waals surface area (Å²) in [6.07, 6.45) is -1.08. The Hall–Kier alpha value is -3.63. The van der Waals surface area contributed by atoms with E-state index in [2.05, 4.69) is 5.32 Å². The van der Waals surface area contributed by atoms with E-state index in [0.717, 1.165) is 4.31 Å². The fourth-order valence-electron chi connectivity index (χ4n) is 3.61. The zero-order chi connectivity index (χ0) is 25.7. The maximum Gasteiger partial charge on any atom is 0.264 e. The highest BCUT2D eigenvalue weighted by Crippen LogP contribution is 2.39. The number of carbonyl (C=O) groups is 1. The molecule has 36 heavy (non-hydrogen) atoms. The van der Waals surface area contributed by atoms with Gasteiger partial charge in [-0.2, -0.15) is 0 Å². The van der Waals surface area contributed by atoms with Crippen LogP contribution < -0.4 is 28.6 Å². The summed E-state index contributed by atoms with van der Waals surface area (Å²) >= 11 is 6.14. The first-order valence-electron chi connectivity index (χ1n) is 11.0. The average Bonchev–Trinajstić information content (AvgIpc) is 2.90. The summed E-state index contributed by atoms with van der Waals surface area (Å²) in [5, 5.41) is 3.07. The van der Waals surface area contributed by atoms with Gasteiger partial charge < -0.3 is 24.3 Å². The number of sulfonamides is 1. The molecule has 0 aromatic heterocycles. The van der Waals surface area contributed by atoms with Gasteiger partial charge in [-0.25, -0.2) is 8.42 Å². The third-order valence-electron chi connectivity index (χ3n) is 5.44. The first-order valence-corrected chi connectivity index (χ1v) is 12.8. The Morgan fingerprint density at radius 2 is 1.75 bits per heavy atom. The lowest BCUT2D eigenvalue weighted by molar-refractivity contribution is -0.127. The number of hydrogen-bond acceptors (Lipinski definition) is 7. The number of nitrogens with one attached hydrogen (secondary N) is 1. The van der Waals surface area contributed by atoms with Gasteiger partial charge in [0.1, 0.15) is 29.6 Å². The van der Waals surface area contributed by atoms with E-state index in [-0.39, 0.29) is 36.0 Å². The van der Waals surface area contributed by atoms with Gasteiger partial charge in [0.15, 0.2) is 6.10 Å². The lowest BCUT2D eigenvalue weighted by atomic mass is 10.2. The zero-order valence-corrected chi connectivity index (χ0v) is 21.2. The summed E-state index contributed by atoms with van der Waals surface area (Å²) in [4.78, 5) is 12.9. The minimum Gasteiger partial charge on any atom is -0.497 e. The third kappa shape index (κ3) is 5.60. The van der Waals surface area contributed by atoms with Crippen molar-refractivity contribution in [1.82, 2.24) is 5.32 Å². The molecule has 1 N–H and O–H groups in total. The van der Waals surface area contributed by atoms with Crippen molar-refractivity contribution in [1.29, 1.82) is 0 Å². The van der Waals surface area contributed by atoms with E-state index in [1.807, 2.05) is 0 Å². The summed E-state index contributed by atoms with van der Waals surface area (Å²) in [5.41, 5.74) is 0.253. The highest BCUT2D eigenvalue weighted by Gasteiger charge is 2.37. The molecule has 0 fully saturated rings. The molecule has 1 aliphatic rings. The monoisotopic (exact) mass is 532 g/mol. The van der Waals surface area contributed by atoms with Crippen LogP contribution in [0.4, 0.5) is 5.69 Å². The molecule has 1 heterocycles. The standard InChI is InChI=1S/C25H25ClN2O7S/c1-32-18-7-9-21(10-8-18)36(30,31)28-16-24(35-23-11-6-17(26)14-22(23)28)25(29)27-12-13-34-20-5-3-4-19(15-20)33-2/h3-11,14-15,24H,12-13,16H2,1-2H3,(H,27,29). The SMILES string of the molecule is COc1ccc(S(=O)(=O)N2CC(C(=O)NCCOc3cccc(OC)c3)Oc3ccc(Cl)cc32)cc1. The molecule has 11 heteroatoms. The van der Waals surface area contributed by atoms with Gasteiger partial charge in [0.05, 0.1) is 37.9 Å². The molecule has 190 valence electrons. The summed E-state index contributed by atoms with van der Waals surface area (Å²) in [5.74, 6) is 1.53. The number of halogens is 1. The van der Waals surface area contributed by atoms with E-state index in [1.165, 1.54) is 25.3 Å². The molecule has 1 amide bonds. The van der Waals surface area contributed by atoms with Crippen molar-refractivity contribution in [2.24, 2.45) is 0 Å². The predicted octanol–water partition coefficient (Wildman–Crippen LogP) is 3.51. The molecule has 0 radical (unpaired) electrons. The number of hydrogen-bond donors (Lipinski definition) is 1. The fraction of sp³-hybridized carbons (Fsp3) is 0.240. The average molecular weight is 533 g/mol. The second kappa shape index (κ2) is 11.0. The predicted molar refractivity (Wildman–Crippen MR) is 135 cm³/mol. The lowest BCUT2D eigenvalue weighted by Gasteiger charge is -2.34. The zero-order valence-electron chi connectivity index (χ0n) is 19.6. The van der Waals surface area contributed by atoms with E-state index in [1.54, 1.807) is 55.6 Å². The first-order chi connectivity index (χ1) is 17.3. The number of carbonyl (C=O) groups excluding carboxylic acids is 1. The number of anilines is 1. The van der Waals surface area contributed by atoms with E-state index in [4.69, 9.17) is 30.5 Å². The van der Waals surface area contributed by atoms with Crippen molar-refractivity contribution in [3.63, 3.8) is 0 Å². The maximum atomic E-state index is 13.5. The molecular formula is C25H25ClN2O7S. The third-order valence-corrected chi connectivity index (χ3v) is 7.47. The Kier molecular flexibility index (Phi) is 7.76. The van der Waals surface area contributed by atoms with Crippen LogP contribution in [0.1, 0.15) is 0 Å². The molecule has 3 aromatic rings. The van der Waals surface area contributed by atoms with Crippen molar-refractivity contribution in [2.45, 2.75) is 11.0 Å². The molecule has 3 aromatic carbocycles. The van der Waals surface area contributed by atoms with Crippen LogP contribution in [0.25, 0.3) is 0 Å². The number of benzene rings is 3. The Morgan fingerprint density at radius 3 is 2.47 bits per heavy atom. The summed E-state index contributed by atoms with van der Waals surface area (Å²) in [6.45, 7) is 0.157. The van der Waals surface area contributed by atoms with Crippen LogP contribution in [0.3, 0.4) is 0 Å². The van der Waals surface area contributed by atoms with Gasteiger partial charge in [0.25, 0.3) is 15.9 Å². The van der Waals surface area contributed by atoms with Crippen LogP contribution in [0.2, 0.25) is 5.02 Å². The minimum atomic E-state index is -4.03. The molecular weight excluding hydrogens is 508 g/mol. The number of fused-ring (bicyclic) bond motifs is 1. The molecule has 0 bridgehead atoms. The second-order valence-corrected chi connectivity index (χ2v) is 10.0. The Labute approximate surface area is 214 Å². The molecule has 4 rings (SSSR count). The molecule has 9 nitrogen and oxygen atoms in total. The van der Waals surface area contributed by atoms with Gasteiger partial charge in [0, 0.05) is 11.1 Å². The van der Waals surface area contributed by atoms with E-state index >= 15 is 0 Å². The maximum absolute atomic E-state index is 13.5. The van der Waals surface area contributed by atoms with Gasteiger partial charge in [-0.3, -0.25) is 9.10 Å². The van der Waals surface area contributed by atoms with Crippen molar-refractivity contribution in [3.05, 3.63) is 71.8 Å². The largest absolute Gasteiger partial charge is 0.497 e.